The summed E-state index contributed by atoms with van der Waals surface area (Å²) in [6.45, 7) is 8.03. The van der Waals surface area contributed by atoms with Gasteiger partial charge in [0.25, 0.3) is 0 Å². The molecule has 0 aromatic rings. The first kappa shape index (κ1) is 17.3. The zero-order valence-electron chi connectivity index (χ0n) is 14.7. The molecular formula is C18H32N2O2. The first-order chi connectivity index (χ1) is 10.3. The maximum absolute atomic E-state index is 12.6. The van der Waals surface area contributed by atoms with Gasteiger partial charge in [0.15, 0.2) is 0 Å². The zero-order valence-corrected chi connectivity index (χ0v) is 14.7. The lowest BCUT2D eigenvalue weighted by molar-refractivity contribution is -0.137. The van der Waals surface area contributed by atoms with Crippen molar-refractivity contribution < 1.29 is 9.59 Å². The number of carbonyl (C=O) groups is 2. The average Bonchev–Trinajstić information content (AvgIpc) is 3.29. The maximum atomic E-state index is 12.6. The molecule has 126 valence electrons. The van der Waals surface area contributed by atoms with Crippen LogP contribution in [0, 0.1) is 11.3 Å². The molecule has 22 heavy (non-hydrogen) atoms. The Morgan fingerprint density at radius 2 is 1.50 bits per heavy atom. The standard InChI is InChI=1S/C18H32N2O2/c1-5-13-6-8-14(9-7-13)20(15-10-11-15)16(21)12-19-17(22)18(2,3)4/h13-15H,5-12H2,1-4H3,(H,19,22). The van der Waals surface area contributed by atoms with Crippen LogP contribution in [0.5, 0.6) is 0 Å². The zero-order chi connectivity index (χ0) is 16.3. The molecule has 0 spiro atoms. The van der Waals surface area contributed by atoms with E-state index in [0.29, 0.717) is 12.1 Å². The fourth-order valence-corrected chi connectivity index (χ4v) is 3.40. The minimum absolute atomic E-state index is 0.0497. The monoisotopic (exact) mass is 308 g/mol. The van der Waals surface area contributed by atoms with Gasteiger partial charge in [-0.05, 0) is 44.4 Å². The maximum Gasteiger partial charge on any atom is 0.242 e. The summed E-state index contributed by atoms with van der Waals surface area (Å²) in [5.74, 6) is 0.902. The third-order valence-electron chi connectivity index (χ3n) is 5.10. The molecule has 1 N–H and O–H groups in total. The summed E-state index contributed by atoms with van der Waals surface area (Å²) in [6, 6.07) is 0.830. The molecule has 4 heteroatoms. The van der Waals surface area contributed by atoms with Crippen molar-refractivity contribution in [3.8, 4) is 0 Å². The summed E-state index contributed by atoms with van der Waals surface area (Å²) < 4.78 is 0. The van der Waals surface area contributed by atoms with Crippen LogP contribution in [0.1, 0.15) is 72.6 Å². The van der Waals surface area contributed by atoms with Crippen LogP contribution in [-0.4, -0.2) is 35.3 Å². The van der Waals surface area contributed by atoms with E-state index in [1.807, 2.05) is 20.8 Å². The van der Waals surface area contributed by atoms with Crippen molar-refractivity contribution in [2.45, 2.75) is 84.7 Å². The molecule has 4 nitrogen and oxygen atoms in total. The highest BCUT2D eigenvalue weighted by atomic mass is 16.2. The molecule has 2 aliphatic carbocycles. The van der Waals surface area contributed by atoms with Gasteiger partial charge < -0.3 is 10.2 Å². The van der Waals surface area contributed by atoms with E-state index in [9.17, 15) is 9.59 Å². The van der Waals surface area contributed by atoms with E-state index in [1.54, 1.807) is 0 Å². The Morgan fingerprint density at radius 1 is 1.00 bits per heavy atom. The third kappa shape index (κ3) is 4.47. The van der Waals surface area contributed by atoms with E-state index < -0.39 is 5.41 Å². The van der Waals surface area contributed by atoms with Gasteiger partial charge in [-0.25, -0.2) is 0 Å². The molecule has 0 aromatic carbocycles. The predicted molar refractivity (Wildman–Crippen MR) is 88.4 cm³/mol. The topological polar surface area (TPSA) is 49.4 Å². The third-order valence-corrected chi connectivity index (χ3v) is 5.10. The first-order valence-electron chi connectivity index (χ1n) is 8.92. The Kier molecular flexibility index (Phi) is 5.51. The van der Waals surface area contributed by atoms with Crippen LogP contribution in [0.3, 0.4) is 0 Å². The SMILES string of the molecule is CCC1CCC(N(C(=O)CNC(=O)C(C)(C)C)C2CC2)CC1. The van der Waals surface area contributed by atoms with Gasteiger partial charge in [0, 0.05) is 17.5 Å². The van der Waals surface area contributed by atoms with Crippen LogP contribution >= 0.6 is 0 Å². The van der Waals surface area contributed by atoms with E-state index in [0.717, 1.165) is 31.6 Å². The molecule has 2 saturated carbocycles. The highest BCUT2D eigenvalue weighted by Gasteiger charge is 2.38. The number of nitrogens with one attached hydrogen (secondary N) is 1. The minimum Gasteiger partial charge on any atom is -0.347 e. The lowest BCUT2D eigenvalue weighted by Gasteiger charge is -2.37. The Labute approximate surface area is 135 Å². The van der Waals surface area contributed by atoms with E-state index in [2.05, 4.69) is 17.1 Å². The lowest BCUT2D eigenvalue weighted by atomic mass is 9.84. The Bertz CT molecular complexity index is 402. The van der Waals surface area contributed by atoms with Crippen LogP contribution in [0.4, 0.5) is 0 Å². The first-order valence-corrected chi connectivity index (χ1v) is 8.92. The van der Waals surface area contributed by atoms with Crippen molar-refractivity contribution in [2.75, 3.05) is 6.54 Å². The predicted octanol–water partition coefficient (Wildman–Crippen LogP) is 3.11. The van der Waals surface area contributed by atoms with Crippen LogP contribution in [0.25, 0.3) is 0 Å². The largest absolute Gasteiger partial charge is 0.347 e. The molecule has 2 amide bonds. The number of amides is 2. The fourth-order valence-electron chi connectivity index (χ4n) is 3.40. The van der Waals surface area contributed by atoms with Crippen molar-refractivity contribution in [2.24, 2.45) is 11.3 Å². The molecule has 0 radical (unpaired) electrons. The molecule has 0 atom stereocenters. The van der Waals surface area contributed by atoms with Crippen LogP contribution in [-0.2, 0) is 9.59 Å². The van der Waals surface area contributed by atoms with Gasteiger partial charge in [-0.1, -0.05) is 34.1 Å². The second-order valence-electron chi connectivity index (χ2n) is 8.05. The van der Waals surface area contributed by atoms with E-state index in [1.165, 1.54) is 19.3 Å². The Hall–Kier alpha value is -1.06. The highest BCUT2D eigenvalue weighted by molar-refractivity contribution is 5.87. The number of carbonyl (C=O) groups excluding carboxylic acids is 2. The van der Waals surface area contributed by atoms with Crippen molar-refractivity contribution in [3.05, 3.63) is 0 Å². The van der Waals surface area contributed by atoms with Gasteiger partial charge in [-0.2, -0.15) is 0 Å². The summed E-state index contributed by atoms with van der Waals surface area (Å²) in [5.41, 5.74) is -0.441. The molecule has 0 heterocycles. The van der Waals surface area contributed by atoms with Crippen LogP contribution < -0.4 is 5.32 Å². The molecule has 0 saturated heterocycles. The smallest absolute Gasteiger partial charge is 0.242 e. The highest BCUT2D eigenvalue weighted by Crippen LogP contribution is 2.36. The average molecular weight is 308 g/mol. The molecular weight excluding hydrogens is 276 g/mol. The molecule has 0 aromatic heterocycles. The summed E-state index contributed by atoms with van der Waals surface area (Å²) in [6.07, 6.45) is 8.27. The summed E-state index contributed by atoms with van der Waals surface area (Å²) in [4.78, 5) is 26.7. The normalized spacial score (nSPS) is 25.6. The van der Waals surface area contributed by atoms with Crippen molar-refractivity contribution in [1.29, 1.82) is 0 Å². The molecule has 2 rings (SSSR count). The van der Waals surface area contributed by atoms with Crippen LogP contribution in [0.2, 0.25) is 0 Å². The molecule has 2 fully saturated rings. The van der Waals surface area contributed by atoms with Gasteiger partial charge in [0.2, 0.25) is 11.8 Å². The number of hydrogen-bond donors (Lipinski definition) is 1. The van der Waals surface area contributed by atoms with Gasteiger partial charge in [0.1, 0.15) is 0 Å². The van der Waals surface area contributed by atoms with Crippen LogP contribution in [0.15, 0.2) is 0 Å². The van der Waals surface area contributed by atoms with E-state index in [-0.39, 0.29) is 18.4 Å². The van der Waals surface area contributed by atoms with Gasteiger partial charge in [-0.15, -0.1) is 0 Å². The Morgan fingerprint density at radius 3 is 1.91 bits per heavy atom. The number of rotatable bonds is 5. The second kappa shape index (κ2) is 7.01. The summed E-state index contributed by atoms with van der Waals surface area (Å²) in [5, 5.41) is 2.81. The van der Waals surface area contributed by atoms with Crippen molar-refractivity contribution in [3.63, 3.8) is 0 Å². The molecule has 0 aliphatic heterocycles. The minimum atomic E-state index is -0.441. The Balaban J connectivity index is 1.88. The quantitative estimate of drug-likeness (QED) is 0.848. The summed E-state index contributed by atoms with van der Waals surface area (Å²) >= 11 is 0. The van der Waals surface area contributed by atoms with Crippen molar-refractivity contribution >= 4 is 11.8 Å². The fraction of sp³-hybridized carbons (Fsp3) is 0.889. The molecule has 2 aliphatic rings. The number of hydrogen-bond acceptors (Lipinski definition) is 2. The lowest BCUT2D eigenvalue weighted by Crippen LogP contribution is -2.49. The van der Waals surface area contributed by atoms with Gasteiger partial charge in [0.05, 0.1) is 6.54 Å². The number of nitrogens with zero attached hydrogens (tertiary/aromatic N) is 1. The van der Waals surface area contributed by atoms with E-state index in [4.69, 9.17) is 0 Å². The molecule has 0 unspecified atom stereocenters. The van der Waals surface area contributed by atoms with Gasteiger partial charge >= 0.3 is 0 Å². The summed E-state index contributed by atoms with van der Waals surface area (Å²) in [7, 11) is 0. The van der Waals surface area contributed by atoms with E-state index >= 15 is 0 Å². The van der Waals surface area contributed by atoms with Crippen molar-refractivity contribution in [1.82, 2.24) is 10.2 Å². The second-order valence-corrected chi connectivity index (χ2v) is 8.05. The van der Waals surface area contributed by atoms with Gasteiger partial charge in [-0.3, -0.25) is 9.59 Å². The molecule has 0 bridgehead atoms.